The van der Waals surface area contributed by atoms with Gasteiger partial charge < -0.3 is 15.8 Å². The first-order chi connectivity index (χ1) is 9.67. The van der Waals surface area contributed by atoms with Gasteiger partial charge in [0.2, 0.25) is 0 Å². The molecule has 2 rings (SSSR count). The monoisotopic (exact) mass is 288 g/mol. The van der Waals surface area contributed by atoms with Gasteiger partial charge in [0.05, 0.1) is 0 Å². The summed E-state index contributed by atoms with van der Waals surface area (Å²) in [6.07, 6.45) is 1.99. The summed E-state index contributed by atoms with van der Waals surface area (Å²) in [4.78, 5) is 12.9. The molecule has 0 aliphatic heterocycles. The van der Waals surface area contributed by atoms with E-state index in [0.29, 0.717) is 11.4 Å². The number of amides is 1. The Morgan fingerprint density at radius 3 is 2.70 bits per heavy atom. The number of carbonyl (C=O) groups excluding carboxylic acids is 1. The molecule has 0 unspecified atom stereocenters. The summed E-state index contributed by atoms with van der Waals surface area (Å²) in [5, 5.41) is 2.80. The van der Waals surface area contributed by atoms with Gasteiger partial charge in [-0.15, -0.1) is 11.8 Å². The standard InChI is InChI=1S/C15H16N2O2S/c1-20-14-4-2-3-12(9-14)17-15(18)10-19-13-7-5-11(16)6-8-13/h2-9H,10,16H2,1H3,(H,17,18). The second-order valence-corrected chi connectivity index (χ2v) is 5.02. The third-order valence-electron chi connectivity index (χ3n) is 2.60. The molecule has 0 aromatic heterocycles. The van der Waals surface area contributed by atoms with Crippen molar-refractivity contribution in [3.63, 3.8) is 0 Å². The average molecular weight is 288 g/mol. The molecule has 5 heteroatoms. The third kappa shape index (κ3) is 4.20. The summed E-state index contributed by atoms with van der Waals surface area (Å²) < 4.78 is 5.38. The van der Waals surface area contributed by atoms with Crippen LogP contribution in [0.3, 0.4) is 0 Å². The van der Waals surface area contributed by atoms with Crippen molar-refractivity contribution in [2.45, 2.75) is 4.90 Å². The second kappa shape index (κ2) is 6.86. The largest absolute Gasteiger partial charge is 0.484 e. The molecule has 4 nitrogen and oxygen atoms in total. The van der Waals surface area contributed by atoms with E-state index in [2.05, 4.69) is 5.32 Å². The Kier molecular flexibility index (Phi) is 4.90. The van der Waals surface area contributed by atoms with Crippen molar-refractivity contribution in [2.24, 2.45) is 0 Å². The molecule has 104 valence electrons. The van der Waals surface area contributed by atoms with Crippen LogP contribution in [-0.2, 0) is 4.79 Å². The predicted molar refractivity (Wildman–Crippen MR) is 83.2 cm³/mol. The number of carbonyl (C=O) groups is 1. The summed E-state index contributed by atoms with van der Waals surface area (Å²) in [7, 11) is 0. The van der Waals surface area contributed by atoms with Gasteiger partial charge in [-0.05, 0) is 48.7 Å². The molecule has 1 amide bonds. The molecular weight excluding hydrogens is 272 g/mol. The average Bonchev–Trinajstić information content (AvgIpc) is 2.47. The SMILES string of the molecule is CSc1cccc(NC(=O)COc2ccc(N)cc2)c1. The summed E-state index contributed by atoms with van der Waals surface area (Å²) in [5.41, 5.74) is 7.00. The number of rotatable bonds is 5. The van der Waals surface area contributed by atoms with Gasteiger partial charge in [0, 0.05) is 16.3 Å². The number of nitrogens with two attached hydrogens (primary N) is 1. The lowest BCUT2D eigenvalue weighted by Gasteiger charge is -2.08. The number of ether oxygens (including phenoxy) is 1. The molecule has 0 spiro atoms. The maximum absolute atomic E-state index is 11.8. The number of nitrogens with one attached hydrogen (secondary N) is 1. The first kappa shape index (κ1) is 14.3. The molecule has 2 aromatic rings. The molecule has 0 radical (unpaired) electrons. The van der Waals surface area contributed by atoms with Crippen LogP contribution in [0.15, 0.2) is 53.4 Å². The molecule has 0 fully saturated rings. The third-order valence-corrected chi connectivity index (χ3v) is 3.33. The van der Waals surface area contributed by atoms with E-state index in [-0.39, 0.29) is 12.5 Å². The molecule has 0 atom stereocenters. The van der Waals surface area contributed by atoms with E-state index in [1.807, 2.05) is 30.5 Å². The number of thioether (sulfide) groups is 1. The maximum Gasteiger partial charge on any atom is 0.262 e. The lowest BCUT2D eigenvalue weighted by molar-refractivity contribution is -0.118. The molecule has 0 aliphatic carbocycles. The van der Waals surface area contributed by atoms with Crippen molar-refractivity contribution in [3.8, 4) is 5.75 Å². The maximum atomic E-state index is 11.8. The van der Waals surface area contributed by atoms with Crippen LogP contribution in [-0.4, -0.2) is 18.8 Å². The molecule has 2 aromatic carbocycles. The van der Waals surface area contributed by atoms with Crippen LogP contribution in [0, 0.1) is 0 Å². The van der Waals surface area contributed by atoms with E-state index in [1.54, 1.807) is 36.0 Å². The minimum atomic E-state index is -0.194. The van der Waals surface area contributed by atoms with Crippen molar-refractivity contribution in [1.29, 1.82) is 0 Å². The number of hydrogen-bond donors (Lipinski definition) is 2. The van der Waals surface area contributed by atoms with Gasteiger partial charge in [-0.25, -0.2) is 0 Å². The van der Waals surface area contributed by atoms with Gasteiger partial charge in [0.15, 0.2) is 6.61 Å². The van der Waals surface area contributed by atoms with Crippen LogP contribution in [0.2, 0.25) is 0 Å². The van der Waals surface area contributed by atoms with Crippen LogP contribution >= 0.6 is 11.8 Å². The minimum Gasteiger partial charge on any atom is -0.484 e. The van der Waals surface area contributed by atoms with Crippen molar-refractivity contribution >= 4 is 29.0 Å². The fraction of sp³-hybridized carbons (Fsp3) is 0.133. The van der Waals surface area contributed by atoms with Gasteiger partial charge in [-0.3, -0.25) is 4.79 Å². The quantitative estimate of drug-likeness (QED) is 0.655. The molecule has 20 heavy (non-hydrogen) atoms. The summed E-state index contributed by atoms with van der Waals surface area (Å²) in [6, 6.07) is 14.6. The van der Waals surface area contributed by atoms with Crippen LogP contribution in [0.5, 0.6) is 5.75 Å². The Bertz CT molecular complexity index is 585. The Morgan fingerprint density at radius 1 is 1.25 bits per heavy atom. The molecule has 0 saturated heterocycles. The molecule has 0 heterocycles. The Hall–Kier alpha value is -2.14. The highest BCUT2D eigenvalue weighted by Crippen LogP contribution is 2.19. The molecule has 0 bridgehead atoms. The normalized spacial score (nSPS) is 10.1. The highest BCUT2D eigenvalue weighted by atomic mass is 32.2. The fourth-order valence-electron chi connectivity index (χ4n) is 1.61. The zero-order chi connectivity index (χ0) is 14.4. The zero-order valence-electron chi connectivity index (χ0n) is 11.1. The number of benzene rings is 2. The summed E-state index contributed by atoms with van der Waals surface area (Å²) in [6.45, 7) is -0.0343. The van der Waals surface area contributed by atoms with E-state index in [9.17, 15) is 4.79 Å². The predicted octanol–water partition coefficient (Wildman–Crippen LogP) is 3.01. The molecule has 0 aliphatic rings. The van der Waals surface area contributed by atoms with Crippen LogP contribution in [0.4, 0.5) is 11.4 Å². The minimum absolute atomic E-state index is 0.0343. The fourth-order valence-corrected chi connectivity index (χ4v) is 2.07. The van der Waals surface area contributed by atoms with Crippen molar-refractivity contribution in [1.82, 2.24) is 0 Å². The summed E-state index contributed by atoms with van der Waals surface area (Å²) in [5.74, 6) is 0.423. The topological polar surface area (TPSA) is 64.3 Å². The smallest absolute Gasteiger partial charge is 0.262 e. The van der Waals surface area contributed by atoms with Crippen LogP contribution < -0.4 is 15.8 Å². The lowest BCUT2D eigenvalue weighted by atomic mass is 10.3. The number of nitrogen functional groups attached to an aromatic ring is 1. The van der Waals surface area contributed by atoms with Gasteiger partial charge in [0.25, 0.3) is 5.91 Å². The molecule has 3 N–H and O–H groups in total. The second-order valence-electron chi connectivity index (χ2n) is 4.14. The molecular formula is C15H16N2O2S. The van der Waals surface area contributed by atoms with E-state index < -0.39 is 0 Å². The van der Waals surface area contributed by atoms with Crippen molar-refractivity contribution in [2.75, 3.05) is 23.9 Å². The molecule has 0 saturated carbocycles. The lowest BCUT2D eigenvalue weighted by Crippen LogP contribution is -2.20. The summed E-state index contributed by atoms with van der Waals surface area (Å²) >= 11 is 1.63. The van der Waals surface area contributed by atoms with Crippen molar-refractivity contribution in [3.05, 3.63) is 48.5 Å². The van der Waals surface area contributed by atoms with Crippen molar-refractivity contribution < 1.29 is 9.53 Å². The Labute approximate surface area is 122 Å². The first-order valence-corrected chi connectivity index (χ1v) is 7.32. The van der Waals surface area contributed by atoms with Crippen LogP contribution in [0.1, 0.15) is 0 Å². The van der Waals surface area contributed by atoms with Crippen LogP contribution in [0.25, 0.3) is 0 Å². The van der Waals surface area contributed by atoms with E-state index in [4.69, 9.17) is 10.5 Å². The van der Waals surface area contributed by atoms with Gasteiger partial charge in [0.1, 0.15) is 5.75 Å². The van der Waals surface area contributed by atoms with Gasteiger partial charge in [-0.1, -0.05) is 6.07 Å². The van der Waals surface area contributed by atoms with Gasteiger partial charge in [-0.2, -0.15) is 0 Å². The first-order valence-electron chi connectivity index (χ1n) is 6.09. The highest BCUT2D eigenvalue weighted by Gasteiger charge is 2.04. The van der Waals surface area contributed by atoms with E-state index in [0.717, 1.165) is 10.6 Å². The Morgan fingerprint density at radius 2 is 2.00 bits per heavy atom. The number of anilines is 2. The zero-order valence-corrected chi connectivity index (χ0v) is 11.9. The highest BCUT2D eigenvalue weighted by molar-refractivity contribution is 7.98. The Balaban J connectivity index is 1.87. The van der Waals surface area contributed by atoms with E-state index in [1.165, 1.54) is 0 Å². The van der Waals surface area contributed by atoms with E-state index >= 15 is 0 Å². The number of hydrogen-bond acceptors (Lipinski definition) is 4. The van der Waals surface area contributed by atoms with Gasteiger partial charge >= 0.3 is 0 Å².